The average molecular weight is 597 g/mol. The van der Waals surface area contributed by atoms with Crippen LogP contribution >= 0.6 is 11.6 Å². The molecule has 2 aliphatic carbocycles. The van der Waals surface area contributed by atoms with Crippen molar-refractivity contribution in [2.24, 2.45) is 17.8 Å². The summed E-state index contributed by atoms with van der Waals surface area (Å²) < 4.78 is 35.0. The number of nitrogens with zero attached hydrogens (tertiary/aromatic N) is 1. The number of amides is 1. The molecule has 6 rings (SSSR count). The second-order valence-electron chi connectivity index (χ2n) is 12.4. The van der Waals surface area contributed by atoms with Crippen LogP contribution in [0.1, 0.15) is 67.4 Å². The Morgan fingerprint density at radius 3 is 2.71 bits per heavy atom. The van der Waals surface area contributed by atoms with Crippen LogP contribution in [0.4, 0.5) is 5.69 Å². The van der Waals surface area contributed by atoms with E-state index in [-0.39, 0.29) is 34.5 Å². The Balaban J connectivity index is 1.43. The summed E-state index contributed by atoms with van der Waals surface area (Å²) in [5.41, 5.74) is 3.22. The first-order valence-electron chi connectivity index (χ1n) is 14.6. The number of benzene rings is 2. The molecule has 0 unspecified atom stereocenters. The van der Waals surface area contributed by atoms with Crippen molar-refractivity contribution in [3.05, 3.63) is 70.3 Å². The van der Waals surface area contributed by atoms with Crippen LogP contribution in [0.3, 0.4) is 0 Å². The molecule has 2 aliphatic heterocycles. The Labute approximate surface area is 247 Å². The summed E-state index contributed by atoms with van der Waals surface area (Å²) in [5, 5.41) is -0.0854. The molecule has 0 aromatic heterocycles. The van der Waals surface area contributed by atoms with E-state index < -0.39 is 21.2 Å². The lowest BCUT2D eigenvalue weighted by molar-refractivity contribution is -0.122. The molecule has 7 nitrogen and oxygen atoms in total. The normalized spacial score (nSPS) is 32.0. The fourth-order valence-corrected chi connectivity index (χ4v) is 8.48. The Morgan fingerprint density at radius 1 is 1.10 bits per heavy atom. The summed E-state index contributed by atoms with van der Waals surface area (Å²) >= 11 is 6.37. The minimum Gasteiger partial charge on any atom is -0.490 e. The van der Waals surface area contributed by atoms with Crippen molar-refractivity contribution >= 4 is 39.0 Å². The molecule has 2 aromatic carbocycles. The maximum absolute atomic E-state index is 13.3. The lowest BCUT2D eigenvalue weighted by Crippen LogP contribution is -2.49. The number of rotatable bonds is 0. The van der Waals surface area contributed by atoms with Crippen LogP contribution in [0.15, 0.2) is 48.6 Å². The molecule has 0 saturated heterocycles. The van der Waals surface area contributed by atoms with Crippen LogP contribution in [0, 0.1) is 17.8 Å². The molecule has 4 aliphatic rings. The van der Waals surface area contributed by atoms with Gasteiger partial charge in [0, 0.05) is 35.0 Å². The quantitative estimate of drug-likeness (QED) is 0.435. The van der Waals surface area contributed by atoms with Gasteiger partial charge in [-0.25, -0.2) is 13.1 Å². The topological polar surface area (TPSA) is 92.8 Å². The van der Waals surface area contributed by atoms with E-state index in [9.17, 15) is 18.0 Å². The Kier molecular flexibility index (Phi) is 7.43. The Hall–Kier alpha value is -2.84. The zero-order valence-electron chi connectivity index (χ0n) is 23.6. The summed E-state index contributed by atoms with van der Waals surface area (Å²) in [6.45, 7) is 5.23. The van der Waals surface area contributed by atoms with Gasteiger partial charge in [-0.05, 0) is 105 Å². The lowest BCUT2D eigenvalue weighted by atomic mass is 9.68. The highest BCUT2D eigenvalue weighted by Gasteiger charge is 2.44. The summed E-state index contributed by atoms with van der Waals surface area (Å²) in [6, 6.07) is 11.3. The number of nitrogens with one attached hydrogen (secondary N) is 1. The van der Waals surface area contributed by atoms with Gasteiger partial charge in [-0.3, -0.25) is 9.59 Å². The van der Waals surface area contributed by atoms with Crippen LogP contribution < -0.4 is 14.4 Å². The highest BCUT2D eigenvalue weighted by Crippen LogP contribution is 2.46. The molecule has 218 valence electrons. The summed E-state index contributed by atoms with van der Waals surface area (Å²) in [6.07, 6.45) is 8.60. The second-order valence-corrected chi connectivity index (χ2v) is 14.9. The molecule has 1 spiro atoms. The number of aryl methyl sites for hydroxylation is 1. The van der Waals surface area contributed by atoms with Gasteiger partial charge in [0.1, 0.15) is 5.75 Å². The third-order valence-corrected chi connectivity index (χ3v) is 12.0. The molecule has 5 atom stereocenters. The number of carbonyl (C=O) groups excluding carboxylic acids is 2. The summed E-state index contributed by atoms with van der Waals surface area (Å²) in [5.74, 6) is -0.0319. The van der Waals surface area contributed by atoms with Crippen LogP contribution in [0.25, 0.3) is 0 Å². The zero-order chi connectivity index (χ0) is 28.9. The Bertz CT molecular complexity index is 1520. The Morgan fingerprint density at radius 2 is 1.93 bits per heavy atom. The molecule has 2 aromatic rings. The molecule has 9 heteroatoms. The number of sulfonamides is 1. The predicted octanol–water partition coefficient (Wildman–Crippen LogP) is 5.45. The van der Waals surface area contributed by atoms with Crippen molar-refractivity contribution in [1.29, 1.82) is 0 Å². The number of ether oxygens (including phenoxy) is 1. The third-order valence-electron chi connectivity index (χ3n) is 9.85. The van der Waals surface area contributed by atoms with Crippen molar-refractivity contribution in [3.63, 3.8) is 0 Å². The van der Waals surface area contributed by atoms with Gasteiger partial charge >= 0.3 is 0 Å². The number of fused-ring (bicyclic) bond motifs is 4. The van der Waals surface area contributed by atoms with Crippen LogP contribution in [0.2, 0.25) is 5.02 Å². The third kappa shape index (κ3) is 5.29. The SMILES string of the molecule is C[C@@H]1[C@@H](C)C/C=C\C(=O)[C@@H]2CC[C@H]2CN2C[C@@]3(CCCc4cc(Cl)ccc43)COc3ccc(cc32)C(=O)NS1(=O)=O. The summed E-state index contributed by atoms with van der Waals surface area (Å²) in [7, 11) is -3.93. The smallest absolute Gasteiger partial charge is 0.264 e. The van der Waals surface area contributed by atoms with Crippen LogP contribution in [-0.2, 0) is 26.7 Å². The lowest BCUT2D eigenvalue weighted by Gasteiger charge is -2.44. The molecular formula is C32H37ClN2O5S. The maximum atomic E-state index is 13.3. The van der Waals surface area contributed by atoms with Gasteiger partial charge in [0.05, 0.1) is 17.5 Å². The van der Waals surface area contributed by atoms with E-state index in [0.717, 1.165) is 42.8 Å². The standard InChI is InChI=1S/C32H37ClN2O5S/c1-20-5-3-7-29(36)26-11-8-24(26)17-35-18-32(14-4-6-22-15-25(33)10-12-27(22)32)19-40-30-13-9-23(16-28(30)35)31(37)34-41(38,39)21(20)2/h3,7,9-10,12-13,15-16,20-21,24,26H,4-6,8,11,14,17-19H2,1-2H3,(H,34,37)/b7-3-/t20-,21+,24-,26+,32-/m0/s1. The fourth-order valence-electron chi connectivity index (χ4n) is 7.00. The number of halogens is 1. The van der Waals surface area contributed by atoms with Crippen molar-refractivity contribution in [2.75, 3.05) is 24.6 Å². The van der Waals surface area contributed by atoms with Crippen LogP contribution in [-0.4, -0.2) is 45.1 Å². The molecular weight excluding hydrogens is 560 g/mol. The number of carbonyl (C=O) groups is 2. The number of allylic oxidation sites excluding steroid dienone is 2. The van der Waals surface area contributed by atoms with Gasteiger partial charge in [0.2, 0.25) is 10.0 Å². The highest BCUT2D eigenvalue weighted by molar-refractivity contribution is 7.90. The number of hydrogen-bond acceptors (Lipinski definition) is 6. The van der Waals surface area contributed by atoms with E-state index in [1.165, 1.54) is 11.1 Å². The highest BCUT2D eigenvalue weighted by atomic mass is 35.5. The van der Waals surface area contributed by atoms with Gasteiger partial charge in [-0.1, -0.05) is 30.7 Å². The minimum absolute atomic E-state index is 0.0666. The van der Waals surface area contributed by atoms with E-state index in [1.54, 1.807) is 37.3 Å². The molecule has 2 bridgehead atoms. The van der Waals surface area contributed by atoms with Gasteiger partial charge in [-0.15, -0.1) is 0 Å². The van der Waals surface area contributed by atoms with Crippen molar-refractivity contribution in [2.45, 2.75) is 63.0 Å². The van der Waals surface area contributed by atoms with Gasteiger partial charge in [0.15, 0.2) is 5.78 Å². The average Bonchev–Trinajstić information content (AvgIpc) is 3.06. The number of anilines is 1. The first-order chi connectivity index (χ1) is 19.6. The zero-order valence-corrected chi connectivity index (χ0v) is 25.1. The van der Waals surface area contributed by atoms with E-state index >= 15 is 0 Å². The van der Waals surface area contributed by atoms with E-state index in [2.05, 4.69) is 21.8 Å². The summed E-state index contributed by atoms with van der Waals surface area (Å²) in [4.78, 5) is 28.8. The monoisotopic (exact) mass is 596 g/mol. The van der Waals surface area contributed by atoms with E-state index in [4.69, 9.17) is 16.3 Å². The molecule has 1 fully saturated rings. The van der Waals surface area contributed by atoms with Crippen molar-refractivity contribution < 1.29 is 22.7 Å². The molecule has 2 heterocycles. The molecule has 1 N–H and O–H groups in total. The van der Waals surface area contributed by atoms with Crippen molar-refractivity contribution in [1.82, 2.24) is 4.72 Å². The van der Waals surface area contributed by atoms with Gasteiger partial charge in [0.25, 0.3) is 5.91 Å². The number of hydrogen-bond donors (Lipinski definition) is 1. The molecule has 1 saturated carbocycles. The second kappa shape index (κ2) is 10.8. The van der Waals surface area contributed by atoms with Crippen molar-refractivity contribution in [3.8, 4) is 5.75 Å². The first kappa shape index (κ1) is 28.3. The largest absolute Gasteiger partial charge is 0.490 e. The van der Waals surface area contributed by atoms with Crippen LogP contribution in [0.5, 0.6) is 5.75 Å². The van der Waals surface area contributed by atoms with Gasteiger partial charge < -0.3 is 9.64 Å². The molecule has 0 radical (unpaired) electrons. The minimum atomic E-state index is -3.93. The first-order valence-corrected chi connectivity index (χ1v) is 16.6. The fraction of sp³-hybridized carbons (Fsp3) is 0.500. The van der Waals surface area contributed by atoms with Gasteiger partial charge in [-0.2, -0.15) is 0 Å². The van der Waals surface area contributed by atoms with E-state index in [1.807, 2.05) is 13.0 Å². The molecule has 1 amide bonds. The van der Waals surface area contributed by atoms with E-state index in [0.29, 0.717) is 31.9 Å². The molecule has 41 heavy (non-hydrogen) atoms. The number of ketones is 1. The maximum Gasteiger partial charge on any atom is 0.264 e. The predicted molar refractivity (Wildman–Crippen MR) is 160 cm³/mol.